The molecule has 8 aromatic carbocycles. The molecule has 2 aromatic heterocycles. The van der Waals surface area contributed by atoms with E-state index in [0.29, 0.717) is 17.5 Å². The molecule has 0 N–H and O–H groups in total. The molecule has 2 aliphatic rings. The highest BCUT2D eigenvalue weighted by molar-refractivity contribution is 6.13. The van der Waals surface area contributed by atoms with Gasteiger partial charge in [0, 0.05) is 38.3 Å². The van der Waals surface area contributed by atoms with E-state index in [9.17, 15) is 0 Å². The van der Waals surface area contributed by atoms with Crippen LogP contribution in [0, 0.1) is 0 Å². The number of nitrogens with zero attached hydrogens (tertiary/aromatic N) is 3. The molecule has 2 heterocycles. The Morgan fingerprint density at radius 3 is 1.51 bits per heavy atom. The average Bonchev–Trinajstić information content (AvgIpc) is 3.87. The van der Waals surface area contributed by atoms with Crippen LogP contribution in [0.4, 0.5) is 0 Å². The first-order valence-corrected chi connectivity index (χ1v) is 21.1. The van der Waals surface area contributed by atoms with Gasteiger partial charge in [0.1, 0.15) is 11.2 Å². The van der Waals surface area contributed by atoms with Crippen molar-refractivity contribution in [2.75, 3.05) is 0 Å². The Morgan fingerprint density at radius 1 is 0.328 bits per heavy atom. The topological polar surface area (TPSA) is 51.8 Å². The molecule has 0 saturated heterocycles. The molecule has 61 heavy (non-hydrogen) atoms. The first kappa shape index (κ1) is 35.5. The lowest BCUT2D eigenvalue weighted by Crippen LogP contribution is -2.17. The number of hydrogen-bond acceptors (Lipinski definition) is 4. The fourth-order valence-corrected chi connectivity index (χ4v) is 10.1. The van der Waals surface area contributed by atoms with Gasteiger partial charge in [0.25, 0.3) is 0 Å². The third-order valence-electron chi connectivity index (χ3n) is 13.3. The van der Waals surface area contributed by atoms with Crippen LogP contribution in [0.3, 0.4) is 0 Å². The summed E-state index contributed by atoms with van der Waals surface area (Å²) < 4.78 is 6.50. The zero-order chi connectivity index (χ0) is 41.0. The number of fused-ring (bicyclic) bond motifs is 9. The molecule has 0 fully saturated rings. The van der Waals surface area contributed by atoms with Gasteiger partial charge in [-0.25, -0.2) is 15.0 Å². The second kappa shape index (κ2) is 13.0. The van der Waals surface area contributed by atoms with Crippen LogP contribution in [0.2, 0.25) is 0 Å². The van der Waals surface area contributed by atoms with Crippen LogP contribution in [0.25, 0.3) is 101 Å². The van der Waals surface area contributed by atoms with Crippen LogP contribution in [0.1, 0.15) is 49.9 Å². The monoisotopic (exact) mass is 783 g/mol. The van der Waals surface area contributed by atoms with Gasteiger partial charge in [0.15, 0.2) is 17.5 Å². The second-order valence-corrected chi connectivity index (χ2v) is 17.6. The van der Waals surface area contributed by atoms with Crippen molar-refractivity contribution in [1.82, 2.24) is 15.0 Å². The van der Waals surface area contributed by atoms with Gasteiger partial charge in [-0.05, 0) is 109 Å². The lowest BCUT2D eigenvalue weighted by atomic mass is 9.79. The maximum absolute atomic E-state index is 6.50. The molecule has 0 bridgehead atoms. The minimum absolute atomic E-state index is 0.0356. The summed E-state index contributed by atoms with van der Waals surface area (Å²) in [4.78, 5) is 15.1. The third-order valence-corrected chi connectivity index (χ3v) is 13.3. The Morgan fingerprint density at radius 2 is 0.820 bits per heavy atom. The van der Waals surface area contributed by atoms with Gasteiger partial charge in [0.05, 0.1) is 0 Å². The van der Waals surface area contributed by atoms with Crippen molar-refractivity contribution in [2.45, 2.75) is 38.5 Å². The van der Waals surface area contributed by atoms with Crippen LogP contribution in [0.15, 0.2) is 180 Å². The van der Waals surface area contributed by atoms with Crippen molar-refractivity contribution in [3.63, 3.8) is 0 Å². The first-order chi connectivity index (χ1) is 29.7. The zero-order valence-electron chi connectivity index (χ0n) is 34.5. The van der Waals surface area contributed by atoms with Crippen LogP contribution in [-0.2, 0) is 10.8 Å². The summed E-state index contributed by atoms with van der Waals surface area (Å²) in [5.74, 6) is 1.86. The molecule has 0 amide bonds. The molecule has 2 aliphatic carbocycles. The summed E-state index contributed by atoms with van der Waals surface area (Å²) in [7, 11) is 0. The molecule has 0 saturated carbocycles. The summed E-state index contributed by atoms with van der Waals surface area (Å²) in [6.45, 7) is 9.50. The maximum atomic E-state index is 6.50. The SMILES string of the molecule is CC1(C)c2ccccc2-c2cc3c(cc21)-c1ccc(-c2cccc(-c4ccc5oc6cccc(-c7nc(-c8ccccc8)nc(-c8ccccc8)n7)c6c5c4)c2)cc1C3(C)C. The molecule has 0 unspecified atom stereocenters. The third kappa shape index (κ3) is 5.41. The number of rotatable bonds is 5. The Kier molecular flexibility index (Phi) is 7.59. The summed E-state index contributed by atoms with van der Waals surface area (Å²) in [5, 5.41) is 2.00. The molecule has 4 heteroatoms. The smallest absolute Gasteiger partial charge is 0.164 e. The number of furan rings is 1. The van der Waals surface area contributed by atoms with Crippen LogP contribution in [-0.4, -0.2) is 15.0 Å². The first-order valence-electron chi connectivity index (χ1n) is 21.1. The van der Waals surface area contributed by atoms with Gasteiger partial charge >= 0.3 is 0 Å². The van der Waals surface area contributed by atoms with Gasteiger partial charge in [-0.15, -0.1) is 0 Å². The van der Waals surface area contributed by atoms with Crippen molar-refractivity contribution >= 4 is 21.9 Å². The zero-order valence-corrected chi connectivity index (χ0v) is 34.5. The van der Waals surface area contributed by atoms with Crippen LogP contribution < -0.4 is 0 Å². The molecule has 12 rings (SSSR count). The summed E-state index contributed by atoms with van der Waals surface area (Å²) in [5.41, 5.74) is 20.0. The van der Waals surface area contributed by atoms with E-state index in [0.717, 1.165) is 49.8 Å². The Labute approximate surface area is 355 Å². The number of aromatic nitrogens is 3. The van der Waals surface area contributed by atoms with Gasteiger partial charge in [-0.3, -0.25) is 0 Å². The van der Waals surface area contributed by atoms with E-state index >= 15 is 0 Å². The predicted octanol–water partition coefficient (Wildman–Crippen LogP) is 14.7. The standard InChI is InChI=1S/C57H41N3O/c1-56(2)46-23-12-11-21-40(46)43-32-49-44(33-48(43)56)41-27-25-39(31-47(41)57(49,3)4)37-20-13-19-36(29-37)38-26-28-50-45(30-38)52-42(22-14-24-51(52)61-50)55-59-53(34-15-7-5-8-16-34)58-54(60-55)35-17-9-6-10-18-35/h5-33H,1-4H3. The molecule has 0 aliphatic heterocycles. The second-order valence-electron chi connectivity index (χ2n) is 17.6. The number of hydrogen-bond donors (Lipinski definition) is 0. The Hall–Kier alpha value is -7.43. The van der Waals surface area contributed by atoms with E-state index in [1.54, 1.807) is 0 Å². The van der Waals surface area contributed by atoms with Crippen molar-refractivity contribution in [3.05, 3.63) is 198 Å². The van der Waals surface area contributed by atoms with E-state index in [1.165, 1.54) is 55.6 Å². The lowest BCUT2D eigenvalue weighted by Gasteiger charge is -2.24. The van der Waals surface area contributed by atoms with Crippen molar-refractivity contribution in [3.8, 4) is 78.7 Å². The number of benzene rings is 8. The molecular weight excluding hydrogens is 743 g/mol. The van der Waals surface area contributed by atoms with Crippen molar-refractivity contribution in [2.24, 2.45) is 0 Å². The summed E-state index contributed by atoms with van der Waals surface area (Å²) >= 11 is 0. The minimum Gasteiger partial charge on any atom is -0.456 e. The highest BCUT2D eigenvalue weighted by Crippen LogP contribution is 2.56. The van der Waals surface area contributed by atoms with Crippen LogP contribution in [0.5, 0.6) is 0 Å². The molecule has 4 nitrogen and oxygen atoms in total. The fraction of sp³-hybridized carbons (Fsp3) is 0.105. The normalized spacial score (nSPS) is 14.2. The average molecular weight is 784 g/mol. The van der Waals surface area contributed by atoms with Crippen LogP contribution >= 0.6 is 0 Å². The maximum Gasteiger partial charge on any atom is 0.164 e. The predicted molar refractivity (Wildman–Crippen MR) is 249 cm³/mol. The Bertz CT molecular complexity index is 3360. The lowest BCUT2D eigenvalue weighted by molar-refractivity contribution is 0.652. The molecular formula is C57H41N3O. The highest BCUT2D eigenvalue weighted by Gasteiger charge is 2.41. The van der Waals surface area contributed by atoms with Gasteiger partial charge in [0.2, 0.25) is 0 Å². The van der Waals surface area contributed by atoms with Gasteiger partial charge in [-0.2, -0.15) is 0 Å². The van der Waals surface area contributed by atoms with Crippen molar-refractivity contribution in [1.29, 1.82) is 0 Å². The summed E-state index contributed by atoms with van der Waals surface area (Å²) in [6.07, 6.45) is 0. The Balaban J connectivity index is 0.941. The molecule has 0 atom stereocenters. The van der Waals surface area contributed by atoms with E-state index in [2.05, 4.69) is 131 Å². The van der Waals surface area contributed by atoms with Crippen molar-refractivity contribution < 1.29 is 4.42 Å². The largest absolute Gasteiger partial charge is 0.456 e. The van der Waals surface area contributed by atoms with E-state index in [1.807, 2.05) is 72.8 Å². The van der Waals surface area contributed by atoms with E-state index in [-0.39, 0.29) is 10.8 Å². The van der Waals surface area contributed by atoms with E-state index < -0.39 is 0 Å². The minimum atomic E-state index is -0.137. The molecule has 0 radical (unpaired) electrons. The molecule has 290 valence electrons. The summed E-state index contributed by atoms with van der Waals surface area (Å²) in [6, 6.07) is 62.8. The fourth-order valence-electron chi connectivity index (χ4n) is 10.1. The quantitative estimate of drug-likeness (QED) is 0.174. The van der Waals surface area contributed by atoms with Gasteiger partial charge in [-0.1, -0.05) is 161 Å². The highest BCUT2D eigenvalue weighted by atomic mass is 16.3. The van der Waals surface area contributed by atoms with Gasteiger partial charge < -0.3 is 4.42 Å². The molecule has 0 spiro atoms. The van der Waals surface area contributed by atoms with E-state index in [4.69, 9.17) is 19.4 Å². The molecule has 10 aromatic rings.